The van der Waals surface area contributed by atoms with Crippen LogP contribution in [0.1, 0.15) is 67.7 Å². The van der Waals surface area contributed by atoms with Crippen molar-refractivity contribution >= 4 is 0 Å². The minimum atomic E-state index is -0.522. The fraction of sp³-hybridized carbons (Fsp3) is 1.00. The van der Waals surface area contributed by atoms with Gasteiger partial charge in [-0.2, -0.15) is 0 Å². The van der Waals surface area contributed by atoms with Crippen molar-refractivity contribution in [2.45, 2.75) is 97.6 Å². The zero-order valence-electron chi connectivity index (χ0n) is 15.3. The summed E-state index contributed by atoms with van der Waals surface area (Å²) in [6.45, 7) is 15.5. The molecule has 2 aliphatic heterocycles. The molecule has 22 heavy (non-hydrogen) atoms. The van der Waals surface area contributed by atoms with Crippen molar-refractivity contribution in [3.05, 3.63) is 0 Å². The van der Waals surface area contributed by atoms with Crippen molar-refractivity contribution in [3.63, 3.8) is 0 Å². The molecule has 2 saturated heterocycles. The Morgan fingerprint density at radius 3 is 2.32 bits per heavy atom. The summed E-state index contributed by atoms with van der Waals surface area (Å²) in [7, 11) is 0. The van der Waals surface area contributed by atoms with E-state index in [-0.39, 0.29) is 18.3 Å². The van der Waals surface area contributed by atoms with E-state index in [0.717, 1.165) is 25.9 Å². The van der Waals surface area contributed by atoms with E-state index in [1.54, 1.807) is 0 Å². The van der Waals surface area contributed by atoms with E-state index >= 15 is 0 Å². The first-order valence-corrected chi connectivity index (χ1v) is 8.82. The summed E-state index contributed by atoms with van der Waals surface area (Å²) in [5.74, 6) is -0.325. The van der Waals surface area contributed by atoms with Crippen LogP contribution in [0.15, 0.2) is 0 Å². The zero-order valence-corrected chi connectivity index (χ0v) is 15.3. The predicted octanol–water partition coefficient (Wildman–Crippen LogP) is 4.12. The molecule has 0 aromatic carbocycles. The van der Waals surface area contributed by atoms with Gasteiger partial charge in [-0.05, 0) is 40.5 Å². The van der Waals surface area contributed by atoms with Crippen LogP contribution in [0.25, 0.3) is 0 Å². The second-order valence-electron chi connectivity index (χ2n) is 7.84. The normalized spacial score (nSPS) is 39.4. The van der Waals surface area contributed by atoms with Gasteiger partial charge in [0.15, 0.2) is 11.6 Å². The fourth-order valence-corrected chi connectivity index (χ4v) is 3.80. The van der Waals surface area contributed by atoms with Crippen molar-refractivity contribution in [2.24, 2.45) is 11.8 Å². The largest absolute Gasteiger partial charge is 0.350 e. The Bertz CT molecular complexity index is 366. The van der Waals surface area contributed by atoms with E-state index in [0.29, 0.717) is 11.8 Å². The van der Waals surface area contributed by atoms with Gasteiger partial charge in [0.25, 0.3) is 0 Å². The maximum Gasteiger partial charge on any atom is 0.163 e. The Kier molecular flexibility index (Phi) is 5.59. The fourth-order valence-electron chi connectivity index (χ4n) is 3.80. The molecular weight excluding hydrogens is 280 g/mol. The highest BCUT2D eigenvalue weighted by atomic mass is 16.7. The highest BCUT2D eigenvalue weighted by Crippen LogP contribution is 2.39. The molecule has 0 aliphatic carbocycles. The molecule has 0 N–H and O–H groups in total. The van der Waals surface area contributed by atoms with E-state index in [9.17, 15) is 0 Å². The molecule has 2 rings (SSSR count). The standard InChI is InChI=1S/C18H34O4/c1-8-9-14-12(2)16(22-18(6,7)21-14)13(3)15-10-11-19-17(4,5)20-15/h12-16H,8-11H2,1-7H3/t12-,13-,14+,15-,16+/m0/s1. The van der Waals surface area contributed by atoms with Gasteiger partial charge in [-0.3, -0.25) is 0 Å². The average Bonchev–Trinajstić information content (AvgIpc) is 2.40. The van der Waals surface area contributed by atoms with Crippen LogP contribution >= 0.6 is 0 Å². The van der Waals surface area contributed by atoms with Gasteiger partial charge in [0, 0.05) is 11.8 Å². The second kappa shape index (κ2) is 6.76. The monoisotopic (exact) mass is 314 g/mol. The van der Waals surface area contributed by atoms with E-state index < -0.39 is 11.6 Å². The first kappa shape index (κ1) is 18.2. The molecule has 0 aromatic heterocycles. The highest BCUT2D eigenvalue weighted by Gasteiger charge is 2.46. The third-order valence-electron chi connectivity index (χ3n) is 4.92. The lowest BCUT2D eigenvalue weighted by molar-refractivity contribution is -0.343. The topological polar surface area (TPSA) is 36.9 Å². The number of hydrogen-bond donors (Lipinski definition) is 0. The Morgan fingerprint density at radius 1 is 1.05 bits per heavy atom. The third-order valence-corrected chi connectivity index (χ3v) is 4.92. The number of ether oxygens (including phenoxy) is 4. The summed E-state index contributed by atoms with van der Waals surface area (Å²) >= 11 is 0. The van der Waals surface area contributed by atoms with Crippen molar-refractivity contribution in [2.75, 3.05) is 6.61 Å². The quantitative estimate of drug-likeness (QED) is 0.782. The molecular formula is C18H34O4. The Balaban J connectivity index is 2.10. The van der Waals surface area contributed by atoms with Gasteiger partial charge >= 0.3 is 0 Å². The van der Waals surface area contributed by atoms with Crippen LogP contribution in [-0.2, 0) is 18.9 Å². The number of rotatable bonds is 4. The van der Waals surface area contributed by atoms with Gasteiger partial charge in [0.05, 0.1) is 24.9 Å². The van der Waals surface area contributed by atoms with E-state index in [2.05, 4.69) is 20.8 Å². The SMILES string of the molecule is CCC[C@H]1OC(C)(C)O[C@@H]([C@@H](C)[C@@H]2CCOC(C)(C)O2)[C@H]1C. The molecule has 5 atom stereocenters. The minimum Gasteiger partial charge on any atom is -0.350 e. The van der Waals surface area contributed by atoms with Crippen LogP contribution in [0.4, 0.5) is 0 Å². The molecule has 0 radical (unpaired) electrons. The van der Waals surface area contributed by atoms with Gasteiger partial charge in [-0.1, -0.05) is 27.2 Å². The zero-order chi connectivity index (χ0) is 16.5. The Morgan fingerprint density at radius 2 is 1.73 bits per heavy atom. The second-order valence-corrected chi connectivity index (χ2v) is 7.84. The lowest BCUT2D eigenvalue weighted by Crippen LogP contribution is -2.55. The maximum atomic E-state index is 6.30. The molecule has 0 bridgehead atoms. The summed E-state index contributed by atoms with van der Waals surface area (Å²) < 4.78 is 24.3. The Hall–Kier alpha value is -0.160. The summed E-state index contributed by atoms with van der Waals surface area (Å²) in [6.07, 6.45) is 3.72. The molecule has 2 heterocycles. The lowest BCUT2D eigenvalue weighted by Gasteiger charge is -2.49. The molecule has 0 unspecified atom stereocenters. The molecule has 0 aromatic rings. The van der Waals surface area contributed by atoms with Crippen LogP contribution in [0.2, 0.25) is 0 Å². The van der Waals surface area contributed by atoms with Crippen molar-refractivity contribution in [3.8, 4) is 0 Å². The minimum absolute atomic E-state index is 0.152. The van der Waals surface area contributed by atoms with Gasteiger partial charge < -0.3 is 18.9 Å². The summed E-state index contributed by atoms with van der Waals surface area (Å²) in [4.78, 5) is 0. The van der Waals surface area contributed by atoms with Gasteiger partial charge in [-0.25, -0.2) is 0 Å². The van der Waals surface area contributed by atoms with Crippen LogP contribution in [0.3, 0.4) is 0 Å². The first-order chi connectivity index (χ1) is 10.2. The smallest absolute Gasteiger partial charge is 0.163 e. The van der Waals surface area contributed by atoms with Crippen molar-refractivity contribution < 1.29 is 18.9 Å². The third kappa shape index (κ3) is 4.22. The summed E-state index contributed by atoms with van der Waals surface area (Å²) in [6, 6.07) is 0. The van der Waals surface area contributed by atoms with E-state index in [4.69, 9.17) is 18.9 Å². The predicted molar refractivity (Wildman–Crippen MR) is 86.6 cm³/mol. The first-order valence-electron chi connectivity index (χ1n) is 8.82. The van der Waals surface area contributed by atoms with Gasteiger partial charge in [0.2, 0.25) is 0 Å². The van der Waals surface area contributed by atoms with Crippen LogP contribution in [0, 0.1) is 11.8 Å². The molecule has 2 aliphatic rings. The number of hydrogen-bond acceptors (Lipinski definition) is 4. The lowest BCUT2D eigenvalue weighted by atomic mass is 9.82. The van der Waals surface area contributed by atoms with Crippen molar-refractivity contribution in [1.82, 2.24) is 0 Å². The molecule has 4 nitrogen and oxygen atoms in total. The van der Waals surface area contributed by atoms with Crippen LogP contribution in [-0.4, -0.2) is 36.5 Å². The maximum absolute atomic E-state index is 6.30. The molecule has 4 heteroatoms. The molecule has 2 fully saturated rings. The average molecular weight is 314 g/mol. The Labute approximate surface area is 135 Å². The molecule has 0 amide bonds. The van der Waals surface area contributed by atoms with Gasteiger partial charge in [0.1, 0.15) is 0 Å². The van der Waals surface area contributed by atoms with Crippen LogP contribution < -0.4 is 0 Å². The summed E-state index contributed by atoms with van der Waals surface area (Å²) in [5, 5.41) is 0. The summed E-state index contributed by atoms with van der Waals surface area (Å²) in [5.41, 5.74) is 0. The van der Waals surface area contributed by atoms with E-state index in [1.165, 1.54) is 0 Å². The molecule has 130 valence electrons. The van der Waals surface area contributed by atoms with Gasteiger partial charge in [-0.15, -0.1) is 0 Å². The van der Waals surface area contributed by atoms with Crippen LogP contribution in [0.5, 0.6) is 0 Å². The van der Waals surface area contributed by atoms with Crippen molar-refractivity contribution in [1.29, 1.82) is 0 Å². The highest BCUT2D eigenvalue weighted by molar-refractivity contribution is 4.89. The van der Waals surface area contributed by atoms with E-state index in [1.807, 2.05) is 27.7 Å². The molecule has 0 saturated carbocycles. The molecule has 0 spiro atoms.